The third-order valence-corrected chi connectivity index (χ3v) is 17.2. The van der Waals surface area contributed by atoms with Crippen molar-refractivity contribution in [1.82, 2.24) is 36.0 Å². The van der Waals surface area contributed by atoms with E-state index in [1.807, 2.05) is 80.6 Å². The predicted molar refractivity (Wildman–Crippen MR) is 324 cm³/mol. The highest BCUT2D eigenvalue weighted by atomic mass is 16.3. The molecule has 5 aromatic carbocycles. The second kappa shape index (κ2) is 30.8. The number of likely N-dealkylation sites (tertiary alicyclic amines) is 2. The molecule has 442 valence electrons. The molecule has 0 radical (unpaired) electrons. The van der Waals surface area contributed by atoms with Crippen molar-refractivity contribution in [1.29, 1.82) is 0 Å². The summed E-state index contributed by atoms with van der Waals surface area (Å²) in [6.07, 6.45) is 8.66. The number of hydrogen-bond donors (Lipinski definition) is 7. The first-order valence-corrected chi connectivity index (χ1v) is 30.1. The Balaban J connectivity index is 0.916. The SMILES string of the molecule is Cc1cc(O)cc(C)c1C[C@H](N)C(=O)N[C@H](CCCN1CCC(Cc2ccccc2)CC1)C(=O)N[C@H]1Cc2ccccc2CN(CCC(=O)N[C@@H](CCCN2CCC(Cc3ccccc3)CC2)C(=O)N[C@@H](Cc2ccccc2)C(N)=O)C1=O. The van der Waals surface area contributed by atoms with E-state index in [4.69, 9.17) is 11.5 Å². The van der Waals surface area contributed by atoms with E-state index in [1.54, 1.807) is 17.0 Å². The Labute approximate surface area is 490 Å². The fraction of sp³-hybridized carbons (Fsp3) is 0.463. The van der Waals surface area contributed by atoms with Crippen LogP contribution in [0, 0.1) is 25.7 Å². The van der Waals surface area contributed by atoms with Crippen LogP contribution in [-0.2, 0) is 67.4 Å². The van der Waals surface area contributed by atoms with Gasteiger partial charge in [0.15, 0.2) is 0 Å². The van der Waals surface area contributed by atoms with Crippen molar-refractivity contribution in [3.63, 3.8) is 0 Å². The van der Waals surface area contributed by atoms with Crippen LogP contribution in [0.15, 0.2) is 127 Å². The summed E-state index contributed by atoms with van der Waals surface area (Å²) in [6, 6.07) is 36.3. The zero-order valence-electron chi connectivity index (χ0n) is 48.6. The van der Waals surface area contributed by atoms with Crippen LogP contribution in [0.5, 0.6) is 5.75 Å². The molecule has 6 amide bonds. The summed E-state index contributed by atoms with van der Waals surface area (Å²) < 4.78 is 0. The van der Waals surface area contributed by atoms with Gasteiger partial charge in [-0.25, -0.2) is 0 Å². The largest absolute Gasteiger partial charge is 0.508 e. The molecular weight excluding hydrogens is 1040 g/mol. The van der Waals surface area contributed by atoms with Crippen LogP contribution in [0.2, 0.25) is 0 Å². The molecule has 0 unspecified atom stereocenters. The highest BCUT2D eigenvalue weighted by Gasteiger charge is 2.35. The molecular formula is C67H87N9O7. The normalized spacial score (nSPS) is 17.7. The summed E-state index contributed by atoms with van der Waals surface area (Å²) in [7, 11) is 0. The molecule has 3 aliphatic rings. The highest BCUT2D eigenvalue weighted by molar-refractivity contribution is 5.94. The number of nitrogens with two attached hydrogens (primary N) is 2. The van der Waals surface area contributed by atoms with Crippen LogP contribution < -0.4 is 32.7 Å². The van der Waals surface area contributed by atoms with Crippen LogP contribution in [0.4, 0.5) is 0 Å². The standard InChI is InChI=1S/C67H87N9O7/c1-46-38-55(77)39-47(2)56(46)44-57(68)64(80)71-59(25-15-32-75-35-28-52(29-36-75)41-49-18-8-4-9-19-49)66(82)73-61-43-53-22-12-13-23-54(53)45-76(67(61)83)37-30-62(78)70-58(65(81)72-60(63(69)79)42-50-20-10-5-11-21-50)24-14-31-74-33-26-51(27-34-74)40-48-16-6-3-7-17-48/h3-13,16-23,38-39,51-52,57-61,77H,14-15,24-37,40-45,68H2,1-2H3,(H2,69,79)(H,70,78)(H,71,80)(H,72,81)(H,73,82)/t57-,58-,59+,60-,61-/m0/s1. The van der Waals surface area contributed by atoms with Gasteiger partial charge in [-0.3, -0.25) is 28.8 Å². The summed E-state index contributed by atoms with van der Waals surface area (Å²) in [5, 5.41) is 22.0. The quantitative estimate of drug-likeness (QED) is 0.0325. The highest BCUT2D eigenvalue weighted by Crippen LogP contribution is 2.26. The first-order valence-electron chi connectivity index (χ1n) is 30.1. The van der Waals surface area contributed by atoms with Gasteiger partial charge in [0, 0.05) is 32.4 Å². The Morgan fingerprint density at radius 1 is 0.590 bits per heavy atom. The number of hydrogen-bond acceptors (Lipinski definition) is 10. The molecule has 16 heteroatoms. The number of phenols is 1. The van der Waals surface area contributed by atoms with Gasteiger partial charge in [-0.2, -0.15) is 0 Å². The number of primary amides is 1. The van der Waals surface area contributed by atoms with E-state index in [0.717, 1.165) is 111 Å². The minimum absolute atomic E-state index is 0.0112. The van der Waals surface area contributed by atoms with Gasteiger partial charge in [0.25, 0.3) is 0 Å². The van der Waals surface area contributed by atoms with Gasteiger partial charge in [-0.05, 0) is 192 Å². The number of phenolic OH excluding ortho intramolecular Hbond substituents is 1. The van der Waals surface area contributed by atoms with Gasteiger partial charge in [0.1, 0.15) is 29.9 Å². The van der Waals surface area contributed by atoms with Crippen LogP contribution >= 0.6 is 0 Å². The van der Waals surface area contributed by atoms with Crippen molar-refractivity contribution in [2.45, 2.75) is 140 Å². The summed E-state index contributed by atoms with van der Waals surface area (Å²) in [4.78, 5) is 90.9. The van der Waals surface area contributed by atoms with Gasteiger partial charge in [-0.15, -0.1) is 0 Å². The Bertz CT molecular complexity index is 2910. The molecule has 0 bridgehead atoms. The van der Waals surface area contributed by atoms with E-state index in [-0.39, 0.29) is 50.4 Å². The smallest absolute Gasteiger partial charge is 0.245 e. The average Bonchev–Trinajstić information content (AvgIpc) is 3.95. The lowest BCUT2D eigenvalue weighted by Crippen LogP contribution is -2.56. The second-order valence-electron chi connectivity index (χ2n) is 23.5. The third-order valence-electron chi connectivity index (χ3n) is 17.2. The molecule has 3 heterocycles. The lowest BCUT2D eigenvalue weighted by molar-refractivity contribution is -0.138. The van der Waals surface area contributed by atoms with E-state index in [9.17, 15) is 33.9 Å². The molecule has 5 aromatic rings. The maximum atomic E-state index is 14.8. The van der Waals surface area contributed by atoms with Crippen LogP contribution in [-0.4, -0.2) is 131 Å². The number of piperidine rings is 2. The van der Waals surface area contributed by atoms with Crippen molar-refractivity contribution in [3.8, 4) is 5.75 Å². The van der Waals surface area contributed by atoms with Gasteiger partial charge < -0.3 is 52.5 Å². The van der Waals surface area contributed by atoms with Crippen molar-refractivity contribution >= 4 is 35.4 Å². The van der Waals surface area contributed by atoms with E-state index in [2.05, 4.69) is 79.6 Å². The van der Waals surface area contributed by atoms with Gasteiger partial charge >= 0.3 is 0 Å². The van der Waals surface area contributed by atoms with E-state index >= 15 is 0 Å². The van der Waals surface area contributed by atoms with Gasteiger partial charge in [0.2, 0.25) is 35.4 Å². The molecule has 83 heavy (non-hydrogen) atoms. The predicted octanol–water partition coefficient (Wildman–Crippen LogP) is 5.99. The molecule has 9 N–H and O–H groups in total. The van der Waals surface area contributed by atoms with Crippen LogP contribution in [0.1, 0.15) is 102 Å². The average molecular weight is 1130 g/mol. The minimum atomic E-state index is -1.02. The Hall–Kier alpha value is -7.40. The van der Waals surface area contributed by atoms with Gasteiger partial charge in [-0.1, -0.05) is 115 Å². The summed E-state index contributed by atoms with van der Waals surface area (Å²) >= 11 is 0. The Kier molecular flexibility index (Phi) is 22.9. The number of fused-ring (bicyclic) bond motifs is 1. The van der Waals surface area contributed by atoms with E-state index in [1.165, 1.54) is 11.1 Å². The number of nitrogens with one attached hydrogen (secondary N) is 4. The maximum Gasteiger partial charge on any atom is 0.245 e. The number of amides is 6. The maximum absolute atomic E-state index is 14.8. The Morgan fingerprint density at radius 3 is 1.60 bits per heavy atom. The fourth-order valence-corrected chi connectivity index (χ4v) is 12.3. The number of rotatable bonds is 27. The monoisotopic (exact) mass is 1130 g/mol. The van der Waals surface area contributed by atoms with Crippen LogP contribution in [0.25, 0.3) is 0 Å². The molecule has 0 aliphatic carbocycles. The van der Waals surface area contributed by atoms with Crippen molar-refractivity contribution in [2.24, 2.45) is 23.3 Å². The van der Waals surface area contributed by atoms with E-state index in [0.29, 0.717) is 37.5 Å². The van der Waals surface area contributed by atoms with E-state index < -0.39 is 59.7 Å². The summed E-state index contributed by atoms with van der Waals surface area (Å²) in [5.74, 6) is -1.72. The molecule has 5 atom stereocenters. The van der Waals surface area contributed by atoms with Gasteiger partial charge in [0.05, 0.1) is 6.04 Å². The molecule has 3 aliphatic heterocycles. The number of aromatic hydroxyl groups is 1. The molecule has 0 aromatic heterocycles. The van der Waals surface area contributed by atoms with Crippen molar-refractivity contribution < 1.29 is 33.9 Å². The first-order chi connectivity index (χ1) is 40.1. The zero-order chi connectivity index (χ0) is 58.7. The first kappa shape index (κ1) is 61.7. The topological polar surface area (TPSA) is 233 Å². The molecule has 8 rings (SSSR count). The number of benzene rings is 5. The number of aryl methyl sites for hydroxylation is 2. The fourth-order valence-electron chi connectivity index (χ4n) is 12.3. The number of carbonyl (C=O) groups is 6. The van der Waals surface area contributed by atoms with Crippen molar-refractivity contribution in [2.75, 3.05) is 45.8 Å². The number of carbonyl (C=O) groups excluding carboxylic acids is 6. The lowest BCUT2D eigenvalue weighted by atomic mass is 9.90. The summed E-state index contributed by atoms with van der Waals surface area (Å²) in [5.41, 5.74) is 20.1. The third kappa shape index (κ3) is 18.8. The molecule has 16 nitrogen and oxygen atoms in total. The zero-order valence-corrected chi connectivity index (χ0v) is 48.6. The van der Waals surface area contributed by atoms with Crippen LogP contribution in [0.3, 0.4) is 0 Å². The molecule has 0 saturated carbocycles. The summed E-state index contributed by atoms with van der Waals surface area (Å²) in [6.45, 7) is 9.12. The second-order valence-corrected chi connectivity index (χ2v) is 23.5. The molecule has 0 spiro atoms. The molecule has 2 saturated heterocycles. The minimum Gasteiger partial charge on any atom is -0.508 e. The lowest BCUT2D eigenvalue weighted by Gasteiger charge is -2.32. The number of nitrogens with zero attached hydrogens (tertiary/aromatic N) is 3. The Morgan fingerprint density at radius 2 is 1.07 bits per heavy atom. The van der Waals surface area contributed by atoms with Crippen molar-refractivity contribution in [3.05, 3.63) is 172 Å². The molecule has 2 fully saturated rings.